The van der Waals surface area contributed by atoms with Gasteiger partial charge in [0.1, 0.15) is 4.62 Å². The van der Waals surface area contributed by atoms with E-state index in [9.17, 15) is 4.57 Å². The molecule has 0 aliphatic heterocycles. The van der Waals surface area contributed by atoms with Crippen molar-refractivity contribution >= 4 is 19.2 Å². The zero-order valence-electron chi connectivity index (χ0n) is 6.16. The molecule has 1 aliphatic rings. The van der Waals surface area contributed by atoms with E-state index in [2.05, 4.69) is 0 Å². The number of hydrogen-bond acceptors (Lipinski definition) is 1. The molecule has 11 heavy (non-hydrogen) atoms. The summed E-state index contributed by atoms with van der Waals surface area (Å²) < 4.78 is 9.63. The van der Waals surface area contributed by atoms with Crippen LogP contribution in [0.3, 0.4) is 0 Å². The van der Waals surface area contributed by atoms with Gasteiger partial charge in [-0.05, 0) is 12.8 Å². The van der Waals surface area contributed by atoms with Crippen LogP contribution in [-0.2, 0) is 4.57 Å². The third-order valence-corrected chi connectivity index (χ3v) is 4.67. The van der Waals surface area contributed by atoms with E-state index in [1.807, 2.05) is 0 Å². The van der Waals surface area contributed by atoms with Crippen molar-refractivity contribution in [3.63, 3.8) is 0 Å². The Balaban J connectivity index is 2.72. The Hall–Kier alpha value is 0.440. The normalized spacial score (nSPS) is 25.0. The Morgan fingerprint density at radius 2 is 1.64 bits per heavy atom. The first-order valence-corrected chi connectivity index (χ1v) is 5.69. The molecule has 0 saturated heterocycles. The highest BCUT2D eigenvalue weighted by molar-refractivity contribution is 7.55. The van der Waals surface area contributed by atoms with Crippen LogP contribution in [0.4, 0.5) is 0 Å². The molecule has 0 aromatic heterocycles. The summed E-state index contributed by atoms with van der Waals surface area (Å²) in [6.07, 6.45) is 3.58. The lowest BCUT2D eigenvalue weighted by Crippen LogP contribution is -2.24. The molecule has 1 aliphatic carbocycles. The summed E-state index contributed by atoms with van der Waals surface area (Å²) in [4.78, 5) is 17.8. The van der Waals surface area contributed by atoms with Crippen molar-refractivity contribution in [3.8, 4) is 0 Å². The first-order valence-electron chi connectivity index (χ1n) is 3.70. The molecule has 2 N–H and O–H groups in total. The van der Waals surface area contributed by atoms with Gasteiger partial charge in [0.05, 0.1) is 0 Å². The van der Waals surface area contributed by atoms with Gasteiger partial charge in [0, 0.05) is 0 Å². The maximum Gasteiger partial charge on any atom is 0.346 e. The van der Waals surface area contributed by atoms with E-state index in [1.54, 1.807) is 0 Å². The van der Waals surface area contributed by atoms with Crippen LogP contribution in [0.2, 0.25) is 0 Å². The molecule has 1 saturated carbocycles. The average molecular weight is 199 g/mol. The fourth-order valence-corrected chi connectivity index (χ4v) is 2.55. The summed E-state index contributed by atoms with van der Waals surface area (Å²) in [6.45, 7) is 0. The molecule has 1 fully saturated rings. The topological polar surface area (TPSA) is 57.5 Å². The van der Waals surface area contributed by atoms with Crippen molar-refractivity contribution < 1.29 is 14.4 Å². The molecule has 0 bridgehead atoms. The lowest BCUT2D eigenvalue weighted by Gasteiger charge is -2.31. The van der Waals surface area contributed by atoms with E-state index >= 15 is 0 Å². The van der Waals surface area contributed by atoms with Gasteiger partial charge in [-0.25, -0.2) is 0 Å². The van der Waals surface area contributed by atoms with E-state index in [0.29, 0.717) is 12.8 Å². The minimum absolute atomic E-state index is 0.443. The zero-order chi connectivity index (χ0) is 8.54. The SMILES string of the molecule is O=P(O)(O)C1(Cl)CCCCC1. The number of halogens is 1. The monoisotopic (exact) mass is 198 g/mol. The predicted molar refractivity (Wildman–Crippen MR) is 43.7 cm³/mol. The molecule has 0 aromatic carbocycles. The van der Waals surface area contributed by atoms with Crippen LogP contribution in [0.25, 0.3) is 0 Å². The number of alkyl halides is 1. The van der Waals surface area contributed by atoms with Crippen LogP contribution in [0.15, 0.2) is 0 Å². The highest BCUT2D eigenvalue weighted by Gasteiger charge is 2.45. The second kappa shape index (κ2) is 3.06. The van der Waals surface area contributed by atoms with Crippen molar-refractivity contribution in [1.82, 2.24) is 0 Å². The van der Waals surface area contributed by atoms with Gasteiger partial charge in [-0.3, -0.25) is 4.57 Å². The Bertz CT molecular complexity index is 182. The Kier molecular flexibility index (Phi) is 2.65. The van der Waals surface area contributed by atoms with Gasteiger partial charge in [0.15, 0.2) is 0 Å². The van der Waals surface area contributed by atoms with Crippen molar-refractivity contribution in [2.45, 2.75) is 36.7 Å². The average Bonchev–Trinajstić information content (AvgIpc) is 1.87. The molecular formula is C6H12ClO3P. The predicted octanol–water partition coefficient (Wildman–Crippen LogP) is 2.06. The summed E-state index contributed by atoms with van der Waals surface area (Å²) in [5, 5.41) is 0. The summed E-state index contributed by atoms with van der Waals surface area (Å²) >= 11 is 5.79. The molecule has 1 rings (SSSR count). The minimum atomic E-state index is -4.09. The highest BCUT2D eigenvalue weighted by atomic mass is 35.5. The maximum atomic E-state index is 10.9. The van der Waals surface area contributed by atoms with Crippen molar-refractivity contribution in [2.24, 2.45) is 0 Å². The van der Waals surface area contributed by atoms with Crippen LogP contribution in [0.5, 0.6) is 0 Å². The molecule has 3 nitrogen and oxygen atoms in total. The van der Waals surface area contributed by atoms with Gasteiger partial charge in [0.2, 0.25) is 0 Å². The third kappa shape index (κ3) is 1.97. The molecule has 0 atom stereocenters. The van der Waals surface area contributed by atoms with Crippen LogP contribution in [0.1, 0.15) is 32.1 Å². The lowest BCUT2D eigenvalue weighted by atomic mass is 10.00. The number of rotatable bonds is 1. The summed E-state index contributed by atoms with van der Waals surface area (Å²) in [7, 11) is -4.09. The summed E-state index contributed by atoms with van der Waals surface area (Å²) in [5.41, 5.74) is 0. The molecule has 5 heteroatoms. The molecule has 0 spiro atoms. The second-order valence-corrected chi connectivity index (χ2v) is 5.95. The van der Waals surface area contributed by atoms with Gasteiger partial charge in [-0.2, -0.15) is 0 Å². The largest absolute Gasteiger partial charge is 0.346 e. The van der Waals surface area contributed by atoms with Crippen molar-refractivity contribution in [2.75, 3.05) is 0 Å². The van der Waals surface area contributed by atoms with Crippen LogP contribution in [0, 0.1) is 0 Å². The van der Waals surface area contributed by atoms with E-state index < -0.39 is 12.2 Å². The zero-order valence-corrected chi connectivity index (χ0v) is 7.81. The molecular weight excluding hydrogens is 186 g/mol. The first kappa shape index (κ1) is 9.53. The van der Waals surface area contributed by atoms with Crippen molar-refractivity contribution in [1.29, 1.82) is 0 Å². The Morgan fingerprint density at radius 1 is 1.18 bits per heavy atom. The number of hydrogen-bond donors (Lipinski definition) is 2. The van der Waals surface area contributed by atoms with Gasteiger partial charge in [-0.1, -0.05) is 19.3 Å². The second-order valence-electron chi connectivity index (χ2n) is 3.02. The highest BCUT2D eigenvalue weighted by Crippen LogP contribution is 2.60. The van der Waals surface area contributed by atoms with Gasteiger partial charge in [0.25, 0.3) is 0 Å². The fourth-order valence-electron chi connectivity index (χ4n) is 1.38. The lowest BCUT2D eigenvalue weighted by molar-refractivity contribution is 0.322. The van der Waals surface area contributed by atoms with E-state index in [0.717, 1.165) is 19.3 Å². The summed E-state index contributed by atoms with van der Waals surface area (Å²) in [5.74, 6) is 0. The Labute approximate surface area is 70.9 Å². The molecule has 0 heterocycles. The molecule has 0 radical (unpaired) electrons. The Morgan fingerprint density at radius 3 is 1.91 bits per heavy atom. The van der Waals surface area contributed by atoms with Gasteiger partial charge >= 0.3 is 7.60 Å². The molecule has 0 unspecified atom stereocenters. The van der Waals surface area contributed by atoms with E-state index in [1.165, 1.54) is 0 Å². The molecule has 0 amide bonds. The maximum absolute atomic E-state index is 10.9. The minimum Gasteiger partial charge on any atom is -0.323 e. The standard InChI is InChI=1S/C6H12ClO3P/c7-6(11(8,9)10)4-2-1-3-5-6/h1-5H2,(H2,8,9,10). The van der Waals surface area contributed by atoms with Crippen LogP contribution in [-0.4, -0.2) is 14.4 Å². The first-order chi connectivity index (χ1) is 4.96. The summed E-state index contributed by atoms with van der Waals surface area (Å²) in [6, 6.07) is 0. The third-order valence-electron chi connectivity index (χ3n) is 2.14. The van der Waals surface area contributed by atoms with E-state index in [-0.39, 0.29) is 0 Å². The molecule has 66 valence electrons. The smallest absolute Gasteiger partial charge is 0.323 e. The van der Waals surface area contributed by atoms with Gasteiger partial charge in [-0.15, -0.1) is 11.6 Å². The van der Waals surface area contributed by atoms with Crippen LogP contribution >= 0.6 is 19.2 Å². The molecule has 0 aromatic rings. The van der Waals surface area contributed by atoms with Crippen molar-refractivity contribution in [3.05, 3.63) is 0 Å². The van der Waals surface area contributed by atoms with E-state index in [4.69, 9.17) is 21.4 Å². The fraction of sp³-hybridized carbons (Fsp3) is 1.00. The van der Waals surface area contributed by atoms with Crippen LogP contribution < -0.4 is 0 Å². The van der Waals surface area contributed by atoms with Gasteiger partial charge < -0.3 is 9.79 Å². The quantitative estimate of drug-likeness (QED) is 0.501.